The number of carbonyl (C=O) groups is 1. The van der Waals surface area contributed by atoms with Crippen LogP contribution in [0.2, 0.25) is 0 Å². The van der Waals surface area contributed by atoms with Gasteiger partial charge in [-0.2, -0.15) is 0 Å². The summed E-state index contributed by atoms with van der Waals surface area (Å²) in [6.45, 7) is 2.91. The molecular formula is C25H26N2O4S. The molecule has 2 N–H and O–H groups in total. The fourth-order valence-electron chi connectivity index (χ4n) is 3.23. The average molecular weight is 451 g/mol. The maximum Gasteiger partial charge on any atom is 0.251 e. The molecule has 0 spiro atoms. The summed E-state index contributed by atoms with van der Waals surface area (Å²) in [5.74, 6) is 0.502. The van der Waals surface area contributed by atoms with Crippen LogP contribution in [-0.2, 0) is 23.2 Å². The zero-order valence-electron chi connectivity index (χ0n) is 17.9. The molecule has 0 heterocycles. The number of nitrogens with one attached hydrogen (secondary N) is 2. The topological polar surface area (TPSA) is 84.5 Å². The quantitative estimate of drug-likeness (QED) is 0.517. The fourth-order valence-corrected chi connectivity index (χ4v) is 4.54. The first-order valence-corrected chi connectivity index (χ1v) is 12.1. The van der Waals surface area contributed by atoms with E-state index in [1.54, 1.807) is 0 Å². The van der Waals surface area contributed by atoms with Crippen molar-refractivity contribution >= 4 is 15.9 Å². The minimum absolute atomic E-state index is 0.0438. The van der Waals surface area contributed by atoms with E-state index in [0.29, 0.717) is 18.7 Å². The first-order valence-electron chi connectivity index (χ1n) is 10.6. The van der Waals surface area contributed by atoms with Crippen LogP contribution in [0, 0.1) is 6.92 Å². The van der Waals surface area contributed by atoms with Crippen LogP contribution < -0.4 is 14.8 Å². The number of sulfonamides is 1. The van der Waals surface area contributed by atoms with Crippen molar-refractivity contribution < 1.29 is 17.9 Å². The van der Waals surface area contributed by atoms with Crippen molar-refractivity contribution in [2.75, 3.05) is 0 Å². The molecule has 0 radical (unpaired) electrons. The summed E-state index contributed by atoms with van der Waals surface area (Å²) in [6, 6.07) is 21.8. The van der Waals surface area contributed by atoms with Crippen LogP contribution in [0.25, 0.3) is 0 Å². The Morgan fingerprint density at radius 2 is 1.69 bits per heavy atom. The van der Waals surface area contributed by atoms with Crippen molar-refractivity contribution in [1.29, 1.82) is 0 Å². The molecule has 0 unspecified atom stereocenters. The first kappa shape index (κ1) is 22.0. The Kier molecular flexibility index (Phi) is 6.58. The van der Waals surface area contributed by atoms with Gasteiger partial charge in [-0.15, -0.1) is 0 Å². The van der Waals surface area contributed by atoms with Crippen LogP contribution in [-0.4, -0.2) is 20.4 Å². The zero-order chi connectivity index (χ0) is 22.6. The summed E-state index contributed by atoms with van der Waals surface area (Å²) in [7, 11) is -3.52. The molecule has 166 valence electrons. The molecule has 0 aromatic heterocycles. The fraction of sp³-hybridized carbons (Fsp3) is 0.240. The van der Waals surface area contributed by atoms with E-state index in [1.807, 2.05) is 36.4 Å². The van der Waals surface area contributed by atoms with E-state index in [2.05, 4.69) is 29.1 Å². The normalized spacial score (nSPS) is 13.5. The summed E-state index contributed by atoms with van der Waals surface area (Å²) >= 11 is 0. The molecule has 1 aliphatic carbocycles. The lowest BCUT2D eigenvalue weighted by atomic mass is 10.1. The van der Waals surface area contributed by atoms with E-state index in [1.165, 1.54) is 29.8 Å². The highest BCUT2D eigenvalue weighted by atomic mass is 32.2. The van der Waals surface area contributed by atoms with Crippen LogP contribution >= 0.6 is 0 Å². The predicted octanol–water partition coefficient (Wildman–Crippen LogP) is 3.94. The predicted molar refractivity (Wildman–Crippen MR) is 123 cm³/mol. The van der Waals surface area contributed by atoms with E-state index in [0.717, 1.165) is 29.7 Å². The molecule has 0 bridgehead atoms. The number of hydrogen-bond acceptors (Lipinski definition) is 4. The standard InChI is InChI=1S/C25H26N2O4S/c1-18-3-2-4-20(15-18)17-31-23-11-5-19(6-12-23)16-26-25(28)21-7-13-24(14-8-21)32(29,30)27-22-9-10-22/h2-8,11-15,22,27H,9-10,16-17H2,1H3,(H,26,28). The van der Waals surface area contributed by atoms with E-state index in [9.17, 15) is 13.2 Å². The summed E-state index contributed by atoms with van der Waals surface area (Å²) in [6.07, 6.45) is 1.75. The molecule has 6 nitrogen and oxygen atoms in total. The van der Waals surface area contributed by atoms with Crippen molar-refractivity contribution in [2.45, 2.75) is 43.9 Å². The largest absolute Gasteiger partial charge is 0.489 e. The monoisotopic (exact) mass is 450 g/mol. The van der Waals surface area contributed by atoms with Gasteiger partial charge >= 0.3 is 0 Å². The number of ether oxygens (including phenoxy) is 1. The smallest absolute Gasteiger partial charge is 0.251 e. The van der Waals surface area contributed by atoms with Gasteiger partial charge in [0.25, 0.3) is 5.91 Å². The van der Waals surface area contributed by atoms with E-state index in [4.69, 9.17) is 4.74 Å². The van der Waals surface area contributed by atoms with Gasteiger partial charge in [0.2, 0.25) is 10.0 Å². The van der Waals surface area contributed by atoms with E-state index in [-0.39, 0.29) is 16.8 Å². The minimum Gasteiger partial charge on any atom is -0.489 e. The molecule has 3 aromatic carbocycles. The van der Waals surface area contributed by atoms with Gasteiger partial charge < -0.3 is 10.1 Å². The Balaban J connectivity index is 1.28. The molecule has 7 heteroatoms. The second-order valence-corrected chi connectivity index (χ2v) is 9.74. The highest BCUT2D eigenvalue weighted by Crippen LogP contribution is 2.22. The summed E-state index contributed by atoms with van der Waals surface area (Å²) in [5.41, 5.74) is 3.66. The second kappa shape index (κ2) is 9.54. The molecule has 4 rings (SSSR count). The van der Waals surface area contributed by atoms with Crippen LogP contribution in [0.3, 0.4) is 0 Å². The highest BCUT2D eigenvalue weighted by molar-refractivity contribution is 7.89. The number of carbonyl (C=O) groups excluding carboxylic acids is 1. The van der Waals surface area contributed by atoms with Gasteiger partial charge in [0, 0.05) is 18.2 Å². The lowest BCUT2D eigenvalue weighted by molar-refractivity contribution is 0.0951. The Labute approximate surface area is 188 Å². The number of aryl methyl sites for hydroxylation is 1. The van der Waals surface area contributed by atoms with Gasteiger partial charge in [-0.05, 0) is 67.3 Å². The van der Waals surface area contributed by atoms with Crippen molar-refractivity contribution in [1.82, 2.24) is 10.0 Å². The maximum absolute atomic E-state index is 12.4. The summed E-state index contributed by atoms with van der Waals surface area (Å²) in [5, 5.41) is 2.85. The summed E-state index contributed by atoms with van der Waals surface area (Å²) < 4.78 is 32.9. The number of hydrogen-bond donors (Lipinski definition) is 2. The zero-order valence-corrected chi connectivity index (χ0v) is 18.7. The average Bonchev–Trinajstić information content (AvgIpc) is 3.60. The SMILES string of the molecule is Cc1cccc(COc2ccc(CNC(=O)c3ccc(S(=O)(=O)NC4CC4)cc3)cc2)c1. The van der Waals surface area contributed by atoms with E-state index < -0.39 is 10.0 Å². The van der Waals surface area contributed by atoms with E-state index >= 15 is 0 Å². The van der Waals surface area contributed by atoms with Crippen molar-refractivity contribution in [3.8, 4) is 5.75 Å². The minimum atomic E-state index is -3.52. The first-order chi connectivity index (χ1) is 15.4. The molecule has 1 aliphatic rings. The van der Waals surface area contributed by atoms with Crippen LogP contribution in [0.4, 0.5) is 0 Å². The lowest BCUT2D eigenvalue weighted by Crippen LogP contribution is -2.26. The molecule has 1 fully saturated rings. The molecule has 1 saturated carbocycles. The number of amides is 1. The third kappa shape index (κ3) is 5.96. The number of benzene rings is 3. The molecular weight excluding hydrogens is 424 g/mol. The third-order valence-electron chi connectivity index (χ3n) is 5.19. The van der Waals surface area contributed by atoms with Crippen molar-refractivity contribution in [2.24, 2.45) is 0 Å². The van der Waals surface area contributed by atoms with Crippen molar-refractivity contribution in [3.63, 3.8) is 0 Å². The molecule has 0 saturated heterocycles. The Morgan fingerprint density at radius 3 is 2.34 bits per heavy atom. The van der Waals surface area contributed by atoms with Crippen LogP contribution in [0.5, 0.6) is 5.75 Å². The van der Waals surface area contributed by atoms with Gasteiger partial charge in [0.1, 0.15) is 12.4 Å². The number of rotatable bonds is 9. The molecule has 0 aliphatic heterocycles. The molecule has 32 heavy (non-hydrogen) atoms. The highest BCUT2D eigenvalue weighted by Gasteiger charge is 2.27. The lowest BCUT2D eigenvalue weighted by Gasteiger charge is -2.09. The maximum atomic E-state index is 12.4. The van der Waals surface area contributed by atoms with Crippen molar-refractivity contribution in [3.05, 3.63) is 95.1 Å². The summed E-state index contributed by atoms with van der Waals surface area (Å²) in [4.78, 5) is 12.6. The molecule has 0 atom stereocenters. The van der Waals surface area contributed by atoms with Gasteiger partial charge in [0.15, 0.2) is 0 Å². The van der Waals surface area contributed by atoms with Crippen LogP contribution in [0.1, 0.15) is 39.9 Å². The Hall–Kier alpha value is -3.16. The van der Waals surface area contributed by atoms with Gasteiger partial charge in [-0.3, -0.25) is 4.79 Å². The molecule has 3 aromatic rings. The third-order valence-corrected chi connectivity index (χ3v) is 6.73. The Morgan fingerprint density at radius 1 is 0.969 bits per heavy atom. The second-order valence-electron chi connectivity index (χ2n) is 8.02. The van der Waals surface area contributed by atoms with Crippen LogP contribution in [0.15, 0.2) is 77.7 Å². The van der Waals surface area contributed by atoms with Gasteiger partial charge in [-0.1, -0.05) is 42.0 Å². The van der Waals surface area contributed by atoms with Gasteiger partial charge in [-0.25, -0.2) is 13.1 Å². The van der Waals surface area contributed by atoms with Gasteiger partial charge in [0.05, 0.1) is 4.90 Å². The Bertz CT molecular complexity index is 1190. The molecule has 1 amide bonds.